The molecular weight excluding hydrogens is 511 g/mol. The van der Waals surface area contributed by atoms with E-state index in [-0.39, 0.29) is 46.6 Å². The lowest BCUT2D eigenvalue weighted by Crippen LogP contribution is -2.44. The number of methoxy groups -OCH3 is 2. The van der Waals surface area contributed by atoms with Crippen molar-refractivity contribution in [3.8, 4) is 17.2 Å². The molecule has 1 aliphatic heterocycles. The van der Waals surface area contributed by atoms with Crippen molar-refractivity contribution >= 4 is 17.7 Å². The van der Waals surface area contributed by atoms with Crippen LogP contribution >= 0.6 is 0 Å². The fraction of sp³-hybridized carbons (Fsp3) is 0.250. The molecule has 0 radical (unpaired) electrons. The Morgan fingerprint density at radius 3 is 2.23 bits per heavy atom. The molecule has 1 fully saturated rings. The summed E-state index contributed by atoms with van der Waals surface area (Å²) in [5.41, 5.74) is 0.311. The number of phenolic OH excluding ortho intramolecular Hbond substituents is 1. The van der Waals surface area contributed by atoms with Crippen molar-refractivity contribution < 1.29 is 42.8 Å². The van der Waals surface area contributed by atoms with E-state index >= 15 is 0 Å². The minimum atomic E-state index is -0.881. The maximum absolute atomic E-state index is 15.0. The molecule has 1 aliphatic rings. The first-order chi connectivity index (χ1) is 18.8. The molecule has 0 aromatic heterocycles. The number of benzene rings is 3. The molecule has 3 aromatic carbocycles. The minimum absolute atomic E-state index is 0.0160. The van der Waals surface area contributed by atoms with E-state index in [1.807, 2.05) is 0 Å². The van der Waals surface area contributed by atoms with Crippen LogP contribution in [0.2, 0.25) is 0 Å². The van der Waals surface area contributed by atoms with Crippen LogP contribution in [0, 0.1) is 5.82 Å². The van der Waals surface area contributed by atoms with Gasteiger partial charge in [0.2, 0.25) is 0 Å². The van der Waals surface area contributed by atoms with E-state index in [0.717, 1.165) is 0 Å². The van der Waals surface area contributed by atoms with E-state index in [4.69, 9.17) is 18.9 Å². The molecule has 10 nitrogen and oxygen atoms in total. The zero-order valence-corrected chi connectivity index (χ0v) is 21.2. The first-order valence-electron chi connectivity index (χ1n) is 12.0. The van der Waals surface area contributed by atoms with E-state index in [2.05, 4.69) is 10.6 Å². The number of hydrogen-bond acceptors (Lipinski definition) is 9. The second-order valence-electron chi connectivity index (χ2n) is 8.64. The van der Waals surface area contributed by atoms with Crippen LogP contribution in [0.5, 0.6) is 17.2 Å². The number of amides is 1. The van der Waals surface area contributed by atoms with Gasteiger partial charge in [0.15, 0.2) is 24.1 Å². The van der Waals surface area contributed by atoms with Crippen molar-refractivity contribution in [1.29, 1.82) is 0 Å². The quantitative estimate of drug-likeness (QED) is 0.202. The maximum atomic E-state index is 15.0. The van der Waals surface area contributed by atoms with Crippen LogP contribution < -0.4 is 20.1 Å². The van der Waals surface area contributed by atoms with Crippen LogP contribution in [0.25, 0.3) is 0 Å². The number of aromatic hydroxyl groups is 1. The highest BCUT2D eigenvalue weighted by atomic mass is 19.1. The van der Waals surface area contributed by atoms with Crippen LogP contribution in [0.1, 0.15) is 36.6 Å². The first-order valence-corrected chi connectivity index (χ1v) is 12.0. The predicted molar refractivity (Wildman–Crippen MR) is 137 cm³/mol. The highest BCUT2D eigenvalue weighted by Crippen LogP contribution is 2.31. The average Bonchev–Trinajstić information content (AvgIpc) is 3.38. The second-order valence-corrected chi connectivity index (χ2v) is 8.64. The normalized spacial score (nSPS) is 16.4. The van der Waals surface area contributed by atoms with Gasteiger partial charge in [0.05, 0.1) is 18.7 Å². The number of hydrogen-bond donors (Lipinski definition) is 3. The van der Waals surface area contributed by atoms with Crippen LogP contribution in [-0.4, -0.2) is 69.0 Å². The molecule has 0 bridgehead atoms. The molecule has 0 saturated carbocycles. The van der Waals surface area contributed by atoms with Crippen molar-refractivity contribution in [3.63, 3.8) is 0 Å². The molecule has 204 valence electrons. The number of carbonyl (C=O) groups is 3. The number of ketones is 1. The van der Waals surface area contributed by atoms with Gasteiger partial charge in [-0.15, -0.1) is 0 Å². The van der Waals surface area contributed by atoms with Gasteiger partial charge in [0, 0.05) is 31.3 Å². The molecule has 0 aliphatic carbocycles. The Labute approximate surface area is 223 Å². The molecule has 4 rings (SSSR count). The lowest BCUT2D eigenvalue weighted by Gasteiger charge is -2.20. The molecule has 3 aromatic rings. The van der Waals surface area contributed by atoms with E-state index < -0.39 is 29.7 Å². The monoisotopic (exact) mass is 538 g/mol. The number of halogens is 1. The smallest absolute Gasteiger partial charge is 0.338 e. The van der Waals surface area contributed by atoms with Gasteiger partial charge in [0.1, 0.15) is 23.2 Å². The van der Waals surface area contributed by atoms with Crippen molar-refractivity contribution in [1.82, 2.24) is 10.6 Å². The third-order valence-corrected chi connectivity index (χ3v) is 6.09. The lowest BCUT2D eigenvalue weighted by molar-refractivity contribution is 0.0283. The number of ether oxygens (including phenoxy) is 4. The topological polar surface area (TPSA) is 132 Å². The van der Waals surface area contributed by atoms with Crippen LogP contribution in [0.15, 0.2) is 60.7 Å². The summed E-state index contributed by atoms with van der Waals surface area (Å²) in [7, 11) is 2.68. The van der Waals surface area contributed by atoms with Gasteiger partial charge < -0.3 is 34.7 Å². The van der Waals surface area contributed by atoms with Crippen LogP contribution in [0.4, 0.5) is 4.39 Å². The Hall–Kier alpha value is -4.48. The Balaban J connectivity index is 1.44. The Bertz CT molecular complexity index is 1340. The molecule has 11 heteroatoms. The van der Waals surface area contributed by atoms with Gasteiger partial charge in [-0.1, -0.05) is 12.1 Å². The molecule has 2 unspecified atom stereocenters. The molecule has 1 saturated heterocycles. The highest BCUT2D eigenvalue weighted by Gasteiger charge is 2.32. The standard InChI is InChI=1S/C28H27FN2O8/c1-36-15-38-21-11-12-22(37-2)25(29)24(21)26(33)16-3-5-18(6-4-16)28(35)39-23-14-30-13-20(23)31-27(34)17-7-9-19(32)10-8-17/h3-12,20,23,30,32H,13-15H2,1-2H3,(H,31,34). The van der Waals surface area contributed by atoms with E-state index in [1.54, 1.807) is 0 Å². The number of carbonyl (C=O) groups excluding carboxylic acids is 3. The molecule has 2 atom stereocenters. The fourth-order valence-corrected chi connectivity index (χ4v) is 4.05. The minimum Gasteiger partial charge on any atom is -0.508 e. The predicted octanol–water partition coefficient (Wildman–Crippen LogP) is 2.68. The summed E-state index contributed by atoms with van der Waals surface area (Å²) >= 11 is 0. The van der Waals surface area contributed by atoms with Crippen LogP contribution in [0.3, 0.4) is 0 Å². The van der Waals surface area contributed by atoms with Crippen molar-refractivity contribution in [2.24, 2.45) is 0 Å². The SMILES string of the molecule is COCOc1ccc(OC)c(F)c1C(=O)c1ccc(C(=O)OC2CNCC2NC(=O)c2ccc(O)cc2)cc1. The Kier molecular flexibility index (Phi) is 8.74. The summed E-state index contributed by atoms with van der Waals surface area (Å²) in [5.74, 6) is -2.67. The summed E-state index contributed by atoms with van der Waals surface area (Å²) in [6, 6.07) is 13.6. The van der Waals surface area contributed by atoms with E-state index in [0.29, 0.717) is 18.7 Å². The van der Waals surface area contributed by atoms with Gasteiger partial charge in [-0.2, -0.15) is 0 Å². The third-order valence-electron chi connectivity index (χ3n) is 6.09. The number of esters is 1. The number of nitrogens with one attached hydrogen (secondary N) is 2. The lowest BCUT2D eigenvalue weighted by atomic mass is 10.00. The number of rotatable bonds is 10. The number of phenols is 1. The van der Waals surface area contributed by atoms with E-state index in [1.165, 1.54) is 74.9 Å². The Morgan fingerprint density at radius 1 is 0.923 bits per heavy atom. The van der Waals surface area contributed by atoms with Crippen molar-refractivity contribution in [2.75, 3.05) is 34.1 Å². The summed E-state index contributed by atoms with van der Waals surface area (Å²) in [4.78, 5) is 38.5. The van der Waals surface area contributed by atoms with E-state index in [9.17, 15) is 23.9 Å². The summed E-state index contributed by atoms with van der Waals surface area (Å²) in [6.07, 6.45) is -0.633. The third kappa shape index (κ3) is 6.33. The zero-order valence-electron chi connectivity index (χ0n) is 21.2. The summed E-state index contributed by atoms with van der Waals surface area (Å²) in [6.45, 7) is 0.542. The molecule has 39 heavy (non-hydrogen) atoms. The fourth-order valence-electron chi connectivity index (χ4n) is 4.05. The largest absolute Gasteiger partial charge is 0.508 e. The molecule has 1 heterocycles. The van der Waals surface area contributed by atoms with Gasteiger partial charge in [0.25, 0.3) is 5.91 Å². The van der Waals surface area contributed by atoms with Crippen molar-refractivity contribution in [3.05, 3.63) is 88.7 Å². The molecule has 3 N–H and O–H groups in total. The summed E-state index contributed by atoms with van der Waals surface area (Å²) in [5, 5.41) is 15.3. The molecule has 0 spiro atoms. The van der Waals surface area contributed by atoms with Gasteiger partial charge in [-0.3, -0.25) is 9.59 Å². The van der Waals surface area contributed by atoms with Gasteiger partial charge in [-0.05, 0) is 48.5 Å². The van der Waals surface area contributed by atoms with Crippen molar-refractivity contribution in [2.45, 2.75) is 12.1 Å². The molecular formula is C28H27FN2O8. The molecule has 1 amide bonds. The maximum Gasteiger partial charge on any atom is 0.338 e. The average molecular weight is 539 g/mol. The summed E-state index contributed by atoms with van der Waals surface area (Å²) < 4.78 is 35.8. The van der Waals surface area contributed by atoms with Gasteiger partial charge in [-0.25, -0.2) is 9.18 Å². The van der Waals surface area contributed by atoms with Crippen LogP contribution in [-0.2, 0) is 9.47 Å². The Morgan fingerprint density at radius 2 is 1.56 bits per heavy atom. The zero-order chi connectivity index (χ0) is 27.9. The first kappa shape index (κ1) is 27.6. The van der Waals surface area contributed by atoms with Gasteiger partial charge >= 0.3 is 5.97 Å². The highest BCUT2D eigenvalue weighted by molar-refractivity contribution is 6.11. The second kappa shape index (κ2) is 12.4.